The van der Waals surface area contributed by atoms with Gasteiger partial charge in [-0.25, -0.2) is 9.11 Å². The number of carbonyl (C=O) groups excluding carboxylic acids is 2. The van der Waals surface area contributed by atoms with Crippen molar-refractivity contribution in [2.24, 2.45) is 0 Å². The summed E-state index contributed by atoms with van der Waals surface area (Å²) in [6.45, 7) is 0.287. The van der Waals surface area contributed by atoms with Gasteiger partial charge in [-0.15, -0.1) is 0 Å². The van der Waals surface area contributed by atoms with Crippen LogP contribution >= 0.6 is 0 Å². The van der Waals surface area contributed by atoms with Crippen LogP contribution in [-0.4, -0.2) is 87.7 Å². The summed E-state index contributed by atoms with van der Waals surface area (Å²) in [4.78, 5) is 29.0. The maximum atomic E-state index is 14.1. The first-order valence-electron chi connectivity index (χ1n) is 15.4. The molecule has 3 aromatic rings. The average Bonchev–Trinajstić information content (AvgIpc) is 3.26. The summed E-state index contributed by atoms with van der Waals surface area (Å²) in [6, 6.07) is 11.1. The third-order valence-corrected chi connectivity index (χ3v) is 10.5. The van der Waals surface area contributed by atoms with Crippen LogP contribution in [0.15, 0.2) is 42.0 Å². The molecule has 10 nitrogen and oxygen atoms in total. The first-order valence-corrected chi connectivity index (χ1v) is 16.8. The number of ether oxygens (including phenoxy) is 2. The van der Waals surface area contributed by atoms with Crippen molar-refractivity contribution in [3.8, 4) is 17.0 Å². The molecule has 12 heteroatoms. The lowest BCUT2D eigenvalue weighted by atomic mass is 9.81. The molecule has 0 bridgehead atoms. The highest BCUT2D eigenvalue weighted by atomic mass is 32.2. The summed E-state index contributed by atoms with van der Waals surface area (Å²) >= 11 is 0. The number of hydrogen-bond acceptors (Lipinski definition) is 6. The highest BCUT2D eigenvalue weighted by molar-refractivity contribution is 7.87. The molecule has 2 aromatic carbocycles. The second-order valence-electron chi connectivity index (χ2n) is 12.1. The van der Waals surface area contributed by atoms with E-state index in [1.807, 2.05) is 30.3 Å². The van der Waals surface area contributed by atoms with Crippen LogP contribution in [0.4, 0.5) is 4.39 Å². The van der Waals surface area contributed by atoms with Crippen LogP contribution in [-0.2, 0) is 26.3 Å². The minimum absolute atomic E-state index is 0.155. The van der Waals surface area contributed by atoms with Crippen molar-refractivity contribution in [2.75, 3.05) is 47.6 Å². The maximum absolute atomic E-state index is 14.1. The molecule has 1 saturated heterocycles. The molecule has 1 saturated carbocycles. The van der Waals surface area contributed by atoms with Crippen molar-refractivity contribution >= 4 is 39.0 Å². The van der Waals surface area contributed by atoms with Crippen LogP contribution in [0.25, 0.3) is 28.2 Å². The SMILES string of the molecule is COc1cccc2c1C=C(C(=O)N1CCOC(CF)C1)Cn1c-2c(C2CCCCC2)c2ccc(C(=O)NS(=O)(=O)N(C)C)cc21. The van der Waals surface area contributed by atoms with E-state index in [4.69, 9.17) is 9.47 Å². The third kappa shape index (κ3) is 5.86. The molecule has 1 aliphatic carbocycles. The Hall–Kier alpha value is -3.74. The lowest BCUT2D eigenvalue weighted by molar-refractivity contribution is -0.135. The van der Waals surface area contributed by atoms with Crippen molar-refractivity contribution < 1.29 is 31.9 Å². The van der Waals surface area contributed by atoms with Crippen LogP contribution in [0, 0.1) is 0 Å². The summed E-state index contributed by atoms with van der Waals surface area (Å²) in [5.74, 6) is -0.0576. The number of fused-ring (bicyclic) bond motifs is 5. The number of benzene rings is 2. The van der Waals surface area contributed by atoms with Gasteiger partial charge >= 0.3 is 10.2 Å². The van der Waals surface area contributed by atoms with Gasteiger partial charge in [-0.05, 0) is 48.6 Å². The molecule has 1 unspecified atom stereocenters. The number of rotatable bonds is 7. The molecule has 3 aliphatic rings. The second kappa shape index (κ2) is 12.6. The van der Waals surface area contributed by atoms with E-state index in [0.29, 0.717) is 17.9 Å². The summed E-state index contributed by atoms with van der Waals surface area (Å²) in [6.07, 6.45) is 6.65. The van der Waals surface area contributed by atoms with E-state index in [1.54, 1.807) is 24.1 Å². The molecule has 1 aromatic heterocycles. The van der Waals surface area contributed by atoms with Gasteiger partial charge in [0.2, 0.25) is 0 Å². The monoisotopic (exact) mass is 638 g/mol. The zero-order valence-electron chi connectivity index (χ0n) is 25.8. The van der Waals surface area contributed by atoms with Crippen molar-refractivity contribution in [1.82, 2.24) is 18.5 Å². The Balaban J connectivity index is 1.56. The lowest BCUT2D eigenvalue weighted by Gasteiger charge is -2.32. The molecule has 0 radical (unpaired) electrons. The van der Waals surface area contributed by atoms with Crippen LogP contribution in [0.5, 0.6) is 5.75 Å². The molecular formula is C33H39FN4O6S. The van der Waals surface area contributed by atoms with Crippen LogP contribution in [0.3, 0.4) is 0 Å². The fourth-order valence-electron chi connectivity index (χ4n) is 6.84. The Bertz CT molecular complexity index is 1780. The number of nitrogens with zero attached hydrogens (tertiary/aromatic N) is 3. The largest absolute Gasteiger partial charge is 0.496 e. The van der Waals surface area contributed by atoms with Gasteiger partial charge in [0.1, 0.15) is 18.5 Å². The first-order chi connectivity index (χ1) is 21.6. The van der Waals surface area contributed by atoms with Crippen molar-refractivity contribution in [1.29, 1.82) is 0 Å². The van der Waals surface area contributed by atoms with Gasteiger partial charge in [0, 0.05) is 60.4 Å². The smallest absolute Gasteiger partial charge is 0.303 e. The van der Waals surface area contributed by atoms with Crippen LogP contribution in [0.2, 0.25) is 0 Å². The maximum Gasteiger partial charge on any atom is 0.303 e. The van der Waals surface area contributed by atoms with Gasteiger partial charge in [0.25, 0.3) is 11.8 Å². The van der Waals surface area contributed by atoms with Crippen LogP contribution in [0.1, 0.15) is 59.5 Å². The van der Waals surface area contributed by atoms with E-state index in [-0.39, 0.29) is 37.1 Å². The second-order valence-corrected chi connectivity index (χ2v) is 14.0. The number of alkyl halides is 1. The number of morpholine rings is 1. The Kier molecular flexibility index (Phi) is 8.73. The molecule has 45 heavy (non-hydrogen) atoms. The van der Waals surface area contributed by atoms with Gasteiger partial charge in [0.05, 0.1) is 26.0 Å². The zero-order chi connectivity index (χ0) is 31.9. The average molecular weight is 639 g/mol. The summed E-state index contributed by atoms with van der Waals surface area (Å²) in [5, 5.41) is 0.968. The van der Waals surface area contributed by atoms with Crippen molar-refractivity contribution in [3.63, 3.8) is 0 Å². The fraction of sp³-hybridized carbons (Fsp3) is 0.455. The highest BCUT2D eigenvalue weighted by Gasteiger charge is 2.33. The van der Waals surface area contributed by atoms with Gasteiger partial charge in [-0.3, -0.25) is 9.59 Å². The molecule has 3 heterocycles. The molecule has 1 atom stereocenters. The summed E-state index contributed by atoms with van der Waals surface area (Å²) in [5.41, 5.74) is 5.25. The number of methoxy groups -OCH3 is 1. The summed E-state index contributed by atoms with van der Waals surface area (Å²) < 4.78 is 54.9. The predicted molar refractivity (Wildman–Crippen MR) is 170 cm³/mol. The van der Waals surface area contributed by atoms with Gasteiger partial charge < -0.3 is 18.9 Å². The van der Waals surface area contributed by atoms with E-state index in [0.717, 1.165) is 63.3 Å². The van der Waals surface area contributed by atoms with Crippen molar-refractivity contribution in [2.45, 2.75) is 50.7 Å². The zero-order valence-corrected chi connectivity index (χ0v) is 26.7. The minimum atomic E-state index is -4.00. The molecule has 2 aliphatic heterocycles. The molecule has 6 rings (SSSR count). The Labute approximate surface area is 262 Å². The van der Waals surface area contributed by atoms with E-state index >= 15 is 0 Å². The number of aromatic nitrogens is 1. The number of hydrogen-bond donors (Lipinski definition) is 1. The number of amides is 2. The third-order valence-electron chi connectivity index (χ3n) is 9.14. The van der Waals surface area contributed by atoms with E-state index in [9.17, 15) is 22.4 Å². The van der Waals surface area contributed by atoms with Gasteiger partial charge in [-0.1, -0.05) is 37.5 Å². The normalized spacial score (nSPS) is 19.1. The Morgan fingerprint density at radius 2 is 1.91 bits per heavy atom. The number of carbonyl (C=O) groups is 2. The molecular weight excluding hydrogens is 599 g/mol. The Morgan fingerprint density at radius 3 is 2.62 bits per heavy atom. The molecule has 2 fully saturated rings. The number of nitrogens with one attached hydrogen (secondary N) is 1. The highest BCUT2D eigenvalue weighted by Crippen LogP contribution is 2.48. The van der Waals surface area contributed by atoms with Crippen molar-refractivity contribution in [3.05, 3.63) is 58.7 Å². The topological polar surface area (TPSA) is 110 Å². The van der Waals surface area contributed by atoms with E-state index < -0.39 is 28.9 Å². The molecule has 2 amide bonds. The standard InChI is InChI=1S/C33H39FN4O6S/c1-36(2)45(41,42)35-32(39)22-12-13-26-28(17-22)38-19-23(33(40)37-14-15-44-24(18-34)20-37)16-27-25(10-7-11-29(27)43-3)31(38)30(26)21-8-5-4-6-9-21/h7,10-13,16-17,21,24H,4-6,8-9,14-15,18-20H2,1-3H3,(H,35,39). The van der Waals surface area contributed by atoms with E-state index in [2.05, 4.69) is 9.29 Å². The molecule has 0 spiro atoms. The predicted octanol–water partition coefficient (Wildman–Crippen LogP) is 4.49. The first kappa shape index (κ1) is 31.3. The van der Waals surface area contributed by atoms with Gasteiger partial charge in [0.15, 0.2) is 0 Å². The molecule has 1 N–H and O–H groups in total. The fourth-order valence-corrected chi connectivity index (χ4v) is 7.38. The van der Waals surface area contributed by atoms with E-state index in [1.165, 1.54) is 20.5 Å². The quantitative estimate of drug-likeness (QED) is 0.409. The minimum Gasteiger partial charge on any atom is -0.496 e. The lowest BCUT2D eigenvalue weighted by Crippen LogP contribution is -2.47. The number of halogens is 1. The Morgan fingerprint density at radius 1 is 1.13 bits per heavy atom. The van der Waals surface area contributed by atoms with Crippen LogP contribution < -0.4 is 9.46 Å². The van der Waals surface area contributed by atoms with Gasteiger partial charge in [-0.2, -0.15) is 12.7 Å². The summed E-state index contributed by atoms with van der Waals surface area (Å²) in [7, 11) is 0.302. The molecule has 240 valence electrons.